The highest BCUT2D eigenvalue weighted by Crippen LogP contribution is 2.22. The second-order valence-corrected chi connectivity index (χ2v) is 7.12. The van der Waals surface area contributed by atoms with E-state index in [1.165, 1.54) is 6.33 Å². The smallest absolute Gasteiger partial charge is 0.223 e. The van der Waals surface area contributed by atoms with Gasteiger partial charge in [0, 0.05) is 39.0 Å². The van der Waals surface area contributed by atoms with Gasteiger partial charge in [-0.25, -0.2) is 15.0 Å². The fourth-order valence-corrected chi connectivity index (χ4v) is 3.66. The van der Waals surface area contributed by atoms with Crippen molar-refractivity contribution >= 4 is 34.4 Å². The molecule has 1 amide bonds. The standard InChI is InChI=1S/C19H21ClN6O/c1-13-3-2-4-15-18(13)24-16(23-15)5-6-17(27)25-7-9-26(10-8-25)19-14(20)11-21-12-22-19/h2-4,11-12H,5-10H2,1H3,(H,23,24). The van der Waals surface area contributed by atoms with E-state index < -0.39 is 0 Å². The first-order valence-electron chi connectivity index (χ1n) is 9.04. The molecule has 0 bridgehead atoms. The van der Waals surface area contributed by atoms with Gasteiger partial charge in [-0.3, -0.25) is 4.79 Å². The summed E-state index contributed by atoms with van der Waals surface area (Å²) in [6.45, 7) is 4.80. The van der Waals surface area contributed by atoms with Crippen LogP contribution in [-0.2, 0) is 11.2 Å². The Morgan fingerprint density at radius 1 is 1.26 bits per heavy atom. The molecular weight excluding hydrogens is 364 g/mol. The monoisotopic (exact) mass is 384 g/mol. The molecule has 0 radical (unpaired) electrons. The van der Waals surface area contributed by atoms with Crippen molar-refractivity contribution in [2.75, 3.05) is 31.1 Å². The number of aromatic amines is 1. The molecule has 1 aromatic carbocycles. The molecule has 1 fully saturated rings. The summed E-state index contributed by atoms with van der Waals surface area (Å²) < 4.78 is 0. The number of imidazole rings is 1. The lowest BCUT2D eigenvalue weighted by Crippen LogP contribution is -2.49. The van der Waals surface area contributed by atoms with Gasteiger partial charge in [0.25, 0.3) is 0 Å². The van der Waals surface area contributed by atoms with E-state index in [4.69, 9.17) is 11.6 Å². The van der Waals surface area contributed by atoms with Crippen LogP contribution in [0.3, 0.4) is 0 Å². The second kappa shape index (κ2) is 7.52. The number of aryl methyl sites for hydroxylation is 2. The van der Waals surface area contributed by atoms with Crippen molar-refractivity contribution < 1.29 is 4.79 Å². The average Bonchev–Trinajstić information content (AvgIpc) is 3.11. The van der Waals surface area contributed by atoms with Gasteiger partial charge in [0.15, 0.2) is 5.82 Å². The van der Waals surface area contributed by atoms with E-state index in [-0.39, 0.29) is 5.91 Å². The number of carbonyl (C=O) groups excluding carboxylic acids is 1. The molecule has 8 heteroatoms. The highest BCUT2D eigenvalue weighted by atomic mass is 35.5. The number of fused-ring (bicyclic) bond motifs is 1. The van der Waals surface area contributed by atoms with Crippen molar-refractivity contribution in [3.05, 3.63) is 47.1 Å². The summed E-state index contributed by atoms with van der Waals surface area (Å²) in [6, 6.07) is 6.06. The van der Waals surface area contributed by atoms with Gasteiger partial charge in [-0.1, -0.05) is 23.7 Å². The van der Waals surface area contributed by atoms with Crippen LogP contribution in [0.1, 0.15) is 17.8 Å². The number of anilines is 1. The van der Waals surface area contributed by atoms with E-state index in [1.54, 1.807) is 6.20 Å². The van der Waals surface area contributed by atoms with Crippen molar-refractivity contribution in [3.8, 4) is 0 Å². The van der Waals surface area contributed by atoms with Crippen molar-refractivity contribution in [2.45, 2.75) is 19.8 Å². The minimum Gasteiger partial charge on any atom is -0.352 e. The first-order valence-corrected chi connectivity index (χ1v) is 9.42. The maximum Gasteiger partial charge on any atom is 0.223 e. The van der Waals surface area contributed by atoms with Gasteiger partial charge in [0.1, 0.15) is 17.2 Å². The Kier molecular flexibility index (Phi) is 4.94. The van der Waals surface area contributed by atoms with Crippen molar-refractivity contribution in [1.82, 2.24) is 24.8 Å². The van der Waals surface area contributed by atoms with Gasteiger partial charge in [0.2, 0.25) is 5.91 Å². The topological polar surface area (TPSA) is 78.0 Å². The van der Waals surface area contributed by atoms with Crippen LogP contribution in [0.4, 0.5) is 5.82 Å². The predicted octanol–water partition coefficient (Wildman–Crippen LogP) is 2.60. The number of halogens is 1. The van der Waals surface area contributed by atoms with Gasteiger partial charge in [0.05, 0.1) is 17.2 Å². The fraction of sp³-hybridized carbons (Fsp3) is 0.368. The molecule has 4 rings (SSSR count). The minimum atomic E-state index is 0.153. The molecular formula is C19H21ClN6O. The number of para-hydroxylation sites is 1. The first kappa shape index (κ1) is 17.7. The lowest BCUT2D eigenvalue weighted by Gasteiger charge is -2.35. The van der Waals surface area contributed by atoms with E-state index in [2.05, 4.69) is 24.8 Å². The summed E-state index contributed by atoms with van der Waals surface area (Å²) >= 11 is 6.16. The fourth-order valence-electron chi connectivity index (χ4n) is 3.43. The number of hydrogen-bond donors (Lipinski definition) is 1. The number of aromatic nitrogens is 4. The molecule has 1 aliphatic rings. The van der Waals surface area contributed by atoms with Gasteiger partial charge in [-0.05, 0) is 18.6 Å². The SMILES string of the molecule is Cc1cccc2[nH]c(CCC(=O)N3CCN(c4ncncc4Cl)CC3)nc12. The zero-order chi connectivity index (χ0) is 18.8. The third-order valence-electron chi connectivity index (χ3n) is 4.92. The Labute approximate surface area is 162 Å². The second-order valence-electron chi connectivity index (χ2n) is 6.72. The zero-order valence-electron chi connectivity index (χ0n) is 15.2. The molecule has 7 nitrogen and oxygen atoms in total. The van der Waals surface area contributed by atoms with E-state index in [1.807, 2.05) is 30.0 Å². The van der Waals surface area contributed by atoms with Crippen molar-refractivity contribution in [3.63, 3.8) is 0 Å². The Hall–Kier alpha value is -2.67. The Morgan fingerprint density at radius 3 is 2.81 bits per heavy atom. The summed E-state index contributed by atoms with van der Waals surface area (Å²) in [6.07, 6.45) is 4.16. The summed E-state index contributed by atoms with van der Waals surface area (Å²) in [4.78, 5) is 32.7. The molecule has 0 unspecified atom stereocenters. The number of carbonyl (C=O) groups is 1. The third-order valence-corrected chi connectivity index (χ3v) is 5.19. The van der Waals surface area contributed by atoms with Gasteiger partial charge in [-0.15, -0.1) is 0 Å². The molecule has 3 aromatic rings. The molecule has 0 saturated carbocycles. The molecule has 0 spiro atoms. The summed E-state index contributed by atoms with van der Waals surface area (Å²) in [5.41, 5.74) is 3.14. The molecule has 3 heterocycles. The third kappa shape index (κ3) is 3.73. The van der Waals surface area contributed by atoms with Gasteiger partial charge < -0.3 is 14.8 Å². The molecule has 0 aliphatic carbocycles. The predicted molar refractivity (Wildman–Crippen MR) is 105 cm³/mol. The summed E-state index contributed by atoms with van der Waals surface area (Å²) in [5.74, 6) is 1.75. The van der Waals surface area contributed by atoms with E-state index >= 15 is 0 Å². The van der Waals surface area contributed by atoms with Crippen LogP contribution in [0.5, 0.6) is 0 Å². The van der Waals surface area contributed by atoms with Gasteiger partial charge >= 0.3 is 0 Å². The summed E-state index contributed by atoms with van der Waals surface area (Å²) in [5, 5.41) is 0.539. The lowest BCUT2D eigenvalue weighted by molar-refractivity contribution is -0.131. The van der Waals surface area contributed by atoms with Crippen LogP contribution in [0.2, 0.25) is 5.02 Å². The number of H-pyrrole nitrogens is 1. The molecule has 1 saturated heterocycles. The highest BCUT2D eigenvalue weighted by molar-refractivity contribution is 6.32. The Morgan fingerprint density at radius 2 is 2.07 bits per heavy atom. The maximum absolute atomic E-state index is 12.6. The van der Waals surface area contributed by atoms with Crippen molar-refractivity contribution in [1.29, 1.82) is 0 Å². The largest absolute Gasteiger partial charge is 0.352 e. The minimum absolute atomic E-state index is 0.153. The number of amides is 1. The molecule has 2 aromatic heterocycles. The van der Waals surface area contributed by atoms with Crippen LogP contribution in [-0.4, -0.2) is 56.9 Å². The lowest BCUT2D eigenvalue weighted by atomic mass is 10.2. The molecule has 1 N–H and O–H groups in total. The van der Waals surface area contributed by atoms with E-state index in [0.717, 1.165) is 28.2 Å². The average molecular weight is 385 g/mol. The highest BCUT2D eigenvalue weighted by Gasteiger charge is 2.23. The number of benzene rings is 1. The molecule has 0 atom stereocenters. The van der Waals surface area contributed by atoms with E-state index in [9.17, 15) is 4.79 Å². The summed E-state index contributed by atoms with van der Waals surface area (Å²) in [7, 11) is 0. The van der Waals surface area contributed by atoms with E-state index in [0.29, 0.717) is 44.0 Å². The normalized spacial score (nSPS) is 14.7. The quantitative estimate of drug-likeness (QED) is 0.748. The first-order chi connectivity index (χ1) is 13.1. The number of rotatable bonds is 4. The van der Waals surface area contributed by atoms with Crippen LogP contribution in [0.15, 0.2) is 30.7 Å². The van der Waals surface area contributed by atoms with Crippen LogP contribution in [0, 0.1) is 6.92 Å². The number of hydrogen-bond acceptors (Lipinski definition) is 5. The zero-order valence-corrected chi connectivity index (χ0v) is 15.9. The maximum atomic E-state index is 12.6. The number of piperazine rings is 1. The van der Waals surface area contributed by atoms with Crippen molar-refractivity contribution in [2.24, 2.45) is 0 Å². The molecule has 140 valence electrons. The number of nitrogens with one attached hydrogen (secondary N) is 1. The number of nitrogens with zero attached hydrogens (tertiary/aromatic N) is 5. The Bertz CT molecular complexity index is 964. The van der Waals surface area contributed by atoms with Crippen LogP contribution in [0.25, 0.3) is 11.0 Å². The molecule has 27 heavy (non-hydrogen) atoms. The van der Waals surface area contributed by atoms with Crippen LogP contribution < -0.4 is 4.90 Å². The van der Waals surface area contributed by atoms with Crippen LogP contribution >= 0.6 is 11.6 Å². The molecule has 1 aliphatic heterocycles. The Balaban J connectivity index is 1.33. The van der Waals surface area contributed by atoms with Gasteiger partial charge in [-0.2, -0.15) is 0 Å².